The zero-order chi connectivity index (χ0) is 16.1. The van der Waals surface area contributed by atoms with Crippen molar-refractivity contribution in [3.8, 4) is 0 Å². The number of rotatable bonds is 4. The first-order valence-corrected chi connectivity index (χ1v) is 7.54. The topological polar surface area (TPSA) is 87.3 Å². The van der Waals surface area contributed by atoms with Crippen molar-refractivity contribution in [1.29, 1.82) is 0 Å². The molecular formula is C13H11ClFN3O3S. The van der Waals surface area contributed by atoms with Crippen LogP contribution in [0.15, 0.2) is 42.5 Å². The van der Waals surface area contributed by atoms with Gasteiger partial charge in [0.15, 0.2) is 0 Å². The fourth-order valence-electron chi connectivity index (χ4n) is 1.61. The molecule has 6 nitrogen and oxygen atoms in total. The van der Waals surface area contributed by atoms with Crippen LogP contribution in [0.3, 0.4) is 0 Å². The predicted octanol–water partition coefficient (Wildman–Crippen LogP) is 3.06. The Morgan fingerprint density at radius 3 is 2.23 bits per heavy atom. The number of thiol groups is 1. The SMILES string of the molecule is O=C(Nc1ccc(N[SH](=O)=O)cc1)Nc1ccc(Cl)cc1F. The molecule has 2 amide bonds. The lowest BCUT2D eigenvalue weighted by Crippen LogP contribution is -2.20. The average molecular weight is 344 g/mol. The third kappa shape index (κ3) is 4.61. The summed E-state index contributed by atoms with van der Waals surface area (Å²) in [6.45, 7) is 0. The smallest absolute Gasteiger partial charge is 0.308 e. The van der Waals surface area contributed by atoms with Crippen LogP contribution in [-0.4, -0.2) is 14.4 Å². The van der Waals surface area contributed by atoms with Gasteiger partial charge in [0, 0.05) is 16.4 Å². The Labute approximate surface area is 132 Å². The maximum atomic E-state index is 13.5. The Hall–Kier alpha value is -2.32. The van der Waals surface area contributed by atoms with Gasteiger partial charge in [0.25, 0.3) is 0 Å². The zero-order valence-corrected chi connectivity index (χ0v) is 12.6. The predicted molar refractivity (Wildman–Crippen MR) is 84.4 cm³/mol. The highest BCUT2D eigenvalue weighted by atomic mass is 35.5. The highest BCUT2D eigenvalue weighted by Crippen LogP contribution is 2.19. The standard InChI is InChI=1S/C13H11ClFN3O3S/c14-8-1-6-12(11(15)7-8)17-13(19)16-9-2-4-10(5-3-9)18-22(20)21/h1-7,22H,(H2,16,17,19)(H,18,20,21). The summed E-state index contributed by atoms with van der Waals surface area (Å²) in [5.74, 6) is -0.651. The van der Waals surface area contributed by atoms with Crippen molar-refractivity contribution in [2.45, 2.75) is 0 Å². The second kappa shape index (κ2) is 7.10. The van der Waals surface area contributed by atoms with Crippen LogP contribution < -0.4 is 15.4 Å². The summed E-state index contributed by atoms with van der Waals surface area (Å²) in [5, 5.41) is 5.05. The van der Waals surface area contributed by atoms with E-state index in [-0.39, 0.29) is 10.7 Å². The van der Waals surface area contributed by atoms with Crippen molar-refractivity contribution in [2.75, 3.05) is 15.4 Å². The molecule has 3 N–H and O–H groups in total. The highest BCUT2D eigenvalue weighted by Gasteiger charge is 2.07. The van der Waals surface area contributed by atoms with Crippen LogP contribution in [0.1, 0.15) is 0 Å². The summed E-state index contributed by atoms with van der Waals surface area (Å²) >= 11 is 5.62. The fourth-order valence-corrected chi connectivity index (χ4v) is 2.13. The number of anilines is 3. The van der Waals surface area contributed by atoms with E-state index in [0.29, 0.717) is 11.4 Å². The Balaban J connectivity index is 1.99. The highest BCUT2D eigenvalue weighted by molar-refractivity contribution is 7.73. The van der Waals surface area contributed by atoms with Gasteiger partial charge in [-0.2, -0.15) is 0 Å². The summed E-state index contributed by atoms with van der Waals surface area (Å²) in [6, 6.07) is 9.18. The number of urea groups is 1. The number of hydrogen-bond donors (Lipinski definition) is 4. The molecule has 0 aromatic heterocycles. The molecule has 2 aromatic rings. The largest absolute Gasteiger partial charge is 0.323 e. The Bertz CT molecular complexity index is 758. The van der Waals surface area contributed by atoms with Crippen LogP contribution >= 0.6 is 11.6 Å². The van der Waals surface area contributed by atoms with Gasteiger partial charge in [0.05, 0.1) is 5.69 Å². The van der Waals surface area contributed by atoms with Crippen LogP contribution in [0, 0.1) is 5.82 Å². The van der Waals surface area contributed by atoms with E-state index in [1.807, 2.05) is 0 Å². The quantitative estimate of drug-likeness (QED) is 0.643. The molecule has 0 radical (unpaired) electrons. The number of carbonyl (C=O) groups is 1. The van der Waals surface area contributed by atoms with Crippen LogP contribution in [0.2, 0.25) is 5.02 Å². The van der Waals surface area contributed by atoms with Gasteiger partial charge in [-0.1, -0.05) is 11.6 Å². The number of amides is 2. The molecule has 0 aliphatic carbocycles. The third-order valence-electron chi connectivity index (χ3n) is 2.54. The number of benzene rings is 2. The molecule has 0 fully saturated rings. The molecule has 0 heterocycles. The van der Waals surface area contributed by atoms with Crippen molar-refractivity contribution in [3.63, 3.8) is 0 Å². The summed E-state index contributed by atoms with van der Waals surface area (Å²) in [4.78, 5) is 11.7. The molecule has 0 bridgehead atoms. The third-order valence-corrected chi connectivity index (χ3v) is 3.22. The van der Waals surface area contributed by atoms with E-state index in [2.05, 4.69) is 15.4 Å². The van der Waals surface area contributed by atoms with Crippen molar-refractivity contribution < 1.29 is 17.6 Å². The molecule has 0 unspecified atom stereocenters. The molecule has 116 valence electrons. The lowest BCUT2D eigenvalue weighted by Gasteiger charge is -2.09. The molecule has 2 aromatic carbocycles. The Kier molecular flexibility index (Phi) is 5.18. The minimum atomic E-state index is -2.75. The van der Waals surface area contributed by atoms with Gasteiger partial charge >= 0.3 is 6.03 Å². The second-order valence-corrected chi connectivity index (χ2v) is 5.32. The van der Waals surface area contributed by atoms with Gasteiger partial charge < -0.3 is 10.6 Å². The number of halogens is 2. The van der Waals surface area contributed by atoms with E-state index in [0.717, 1.165) is 6.07 Å². The zero-order valence-electron chi connectivity index (χ0n) is 11.0. The summed E-state index contributed by atoms with van der Waals surface area (Å²) in [7, 11) is -2.75. The lowest BCUT2D eigenvalue weighted by molar-refractivity contribution is 0.262. The van der Waals surface area contributed by atoms with Crippen LogP contribution in [0.4, 0.5) is 26.2 Å². The van der Waals surface area contributed by atoms with Crippen molar-refractivity contribution in [2.24, 2.45) is 0 Å². The molecular weight excluding hydrogens is 333 g/mol. The number of nitrogens with one attached hydrogen (secondary N) is 3. The van der Waals surface area contributed by atoms with Crippen LogP contribution in [0.25, 0.3) is 0 Å². The molecule has 2 rings (SSSR count). The van der Waals surface area contributed by atoms with Gasteiger partial charge in [0.2, 0.25) is 10.9 Å². The summed E-state index contributed by atoms with van der Waals surface area (Å²) in [6.07, 6.45) is 0. The first-order valence-electron chi connectivity index (χ1n) is 5.98. The molecule has 0 aliphatic heterocycles. The van der Waals surface area contributed by atoms with E-state index in [1.54, 1.807) is 0 Å². The van der Waals surface area contributed by atoms with Crippen molar-refractivity contribution >= 4 is 45.6 Å². The van der Waals surface area contributed by atoms with E-state index >= 15 is 0 Å². The monoisotopic (exact) mass is 343 g/mol. The minimum Gasteiger partial charge on any atom is -0.308 e. The molecule has 9 heteroatoms. The maximum Gasteiger partial charge on any atom is 0.323 e. The van der Waals surface area contributed by atoms with E-state index in [1.165, 1.54) is 36.4 Å². The Morgan fingerprint density at radius 2 is 1.64 bits per heavy atom. The molecule has 0 saturated heterocycles. The fraction of sp³-hybridized carbons (Fsp3) is 0. The lowest BCUT2D eigenvalue weighted by atomic mass is 10.3. The molecule has 0 atom stereocenters. The van der Waals surface area contributed by atoms with Gasteiger partial charge in [-0.05, 0) is 42.5 Å². The summed E-state index contributed by atoms with van der Waals surface area (Å²) in [5.41, 5.74) is 0.771. The van der Waals surface area contributed by atoms with E-state index in [9.17, 15) is 17.6 Å². The Morgan fingerprint density at radius 1 is 1.00 bits per heavy atom. The maximum absolute atomic E-state index is 13.5. The first kappa shape index (κ1) is 16.1. The first-order chi connectivity index (χ1) is 10.4. The normalized spacial score (nSPS) is 10.3. The van der Waals surface area contributed by atoms with Gasteiger partial charge in [-0.3, -0.25) is 4.72 Å². The molecule has 0 aliphatic rings. The van der Waals surface area contributed by atoms with Gasteiger partial charge in [-0.15, -0.1) is 0 Å². The second-order valence-electron chi connectivity index (χ2n) is 4.15. The van der Waals surface area contributed by atoms with Crippen LogP contribution in [-0.2, 0) is 10.9 Å². The number of carbonyl (C=O) groups excluding carboxylic acids is 1. The van der Waals surface area contributed by atoms with Gasteiger partial charge in [-0.25, -0.2) is 17.6 Å². The summed E-state index contributed by atoms with van der Waals surface area (Å²) < 4.78 is 36.7. The van der Waals surface area contributed by atoms with Crippen LogP contribution in [0.5, 0.6) is 0 Å². The number of hydrogen-bond acceptors (Lipinski definition) is 3. The molecule has 22 heavy (non-hydrogen) atoms. The van der Waals surface area contributed by atoms with Crippen molar-refractivity contribution in [3.05, 3.63) is 53.3 Å². The minimum absolute atomic E-state index is 0.0106. The average Bonchev–Trinajstić information content (AvgIpc) is 2.43. The molecule has 0 spiro atoms. The van der Waals surface area contributed by atoms with E-state index < -0.39 is 22.7 Å². The molecule has 0 saturated carbocycles. The van der Waals surface area contributed by atoms with Crippen molar-refractivity contribution in [1.82, 2.24) is 0 Å². The van der Waals surface area contributed by atoms with Gasteiger partial charge in [0.1, 0.15) is 5.82 Å². The van der Waals surface area contributed by atoms with E-state index in [4.69, 9.17) is 11.6 Å².